The lowest BCUT2D eigenvalue weighted by Gasteiger charge is -2.10. The summed E-state index contributed by atoms with van der Waals surface area (Å²) in [6, 6.07) is 8.33. The molecule has 0 radical (unpaired) electrons. The zero-order valence-electron chi connectivity index (χ0n) is 14.5. The van der Waals surface area contributed by atoms with Crippen molar-refractivity contribution in [1.29, 1.82) is 5.26 Å². The standard InChI is InChI=1S/C18H12N4O6/c1-10(23)20-13-2-3-15-12(5-17(24)28-16(15)6-13)8-21-9-14(22(26)27)4-11(7-19)18(21)25/h2-6,9H,8H2,1H3,(H,20,23). The van der Waals surface area contributed by atoms with Crippen LogP contribution in [0, 0.1) is 21.4 Å². The van der Waals surface area contributed by atoms with Gasteiger partial charge in [-0.25, -0.2) is 4.79 Å². The van der Waals surface area contributed by atoms with E-state index in [-0.39, 0.29) is 23.6 Å². The summed E-state index contributed by atoms with van der Waals surface area (Å²) < 4.78 is 6.14. The van der Waals surface area contributed by atoms with Gasteiger partial charge in [-0.05, 0) is 17.7 Å². The van der Waals surface area contributed by atoms with Crippen LogP contribution in [0.2, 0.25) is 0 Å². The highest BCUT2D eigenvalue weighted by atomic mass is 16.6. The molecule has 3 aromatic rings. The van der Waals surface area contributed by atoms with Gasteiger partial charge in [0.05, 0.1) is 17.7 Å². The molecule has 10 heteroatoms. The highest BCUT2D eigenvalue weighted by molar-refractivity contribution is 5.92. The Morgan fingerprint density at radius 1 is 1.32 bits per heavy atom. The van der Waals surface area contributed by atoms with E-state index in [1.54, 1.807) is 18.2 Å². The maximum Gasteiger partial charge on any atom is 0.336 e. The molecule has 0 unspecified atom stereocenters. The molecule has 0 saturated carbocycles. The molecule has 1 N–H and O–H groups in total. The van der Waals surface area contributed by atoms with Gasteiger partial charge in [-0.3, -0.25) is 19.7 Å². The number of carbonyl (C=O) groups excluding carboxylic acids is 1. The average Bonchev–Trinajstić information content (AvgIpc) is 2.62. The molecule has 0 bridgehead atoms. The largest absolute Gasteiger partial charge is 0.423 e. The summed E-state index contributed by atoms with van der Waals surface area (Å²) in [6.45, 7) is 1.15. The number of carbonyl (C=O) groups is 1. The number of nitrogens with zero attached hydrogens (tertiary/aromatic N) is 3. The summed E-state index contributed by atoms with van der Waals surface area (Å²) >= 11 is 0. The number of rotatable bonds is 4. The molecule has 0 aliphatic carbocycles. The van der Waals surface area contributed by atoms with Crippen molar-refractivity contribution < 1.29 is 14.1 Å². The Balaban J connectivity index is 2.15. The number of anilines is 1. The first-order valence-electron chi connectivity index (χ1n) is 7.92. The first-order valence-corrected chi connectivity index (χ1v) is 7.92. The molecule has 2 heterocycles. The van der Waals surface area contributed by atoms with Crippen LogP contribution in [-0.4, -0.2) is 15.4 Å². The van der Waals surface area contributed by atoms with Crippen LogP contribution in [0.3, 0.4) is 0 Å². The van der Waals surface area contributed by atoms with Gasteiger partial charge in [-0.15, -0.1) is 0 Å². The molecule has 0 aliphatic heterocycles. The van der Waals surface area contributed by atoms with Gasteiger partial charge in [0.25, 0.3) is 11.2 Å². The van der Waals surface area contributed by atoms with Gasteiger partial charge in [0.1, 0.15) is 17.2 Å². The van der Waals surface area contributed by atoms with Crippen molar-refractivity contribution in [2.45, 2.75) is 13.5 Å². The third-order valence-corrected chi connectivity index (χ3v) is 3.89. The average molecular weight is 380 g/mol. The second-order valence-electron chi connectivity index (χ2n) is 5.90. The maximum atomic E-state index is 12.3. The third-order valence-electron chi connectivity index (χ3n) is 3.89. The van der Waals surface area contributed by atoms with Gasteiger partial charge < -0.3 is 14.3 Å². The van der Waals surface area contributed by atoms with Crippen LogP contribution in [0.25, 0.3) is 11.0 Å². The summed E-state index contributed by atoms with van der Waals surface area (Å²) in [5.41, 5.74) is -1.25. The second kappa shape index (κ2) is 7.16. The summed E-state index contributed by atoms with van der Waals surface area (Å²) in [5, 5.41) is 23.1. The monoisotopic (exact) mass is 380 g/mol. The van der Waals surface area contributed by atoms with Gasteiger partial charge in [0.2, 0.25) is 5.91 Å². The zero-order chi connectivity index (χ0) is 20.4. The topological polar surface area (TPSA) is 148 Å². The molecule has 0 aliphatic rings. The molecule has 140 valence electrons. The van der Waals surface area contributed by atoms with Crippen LogP contribution < -0.4 is 16.5 Å². The lowest BCUT2D eigenvalue weighted by atomic mass is 10.1. The summed E-state index contributed by atoms with van der Waals surface area (Å²) in [7, 11) is 0. The molecule has 3 rings (SSSR count). The van der Waals surface area contributed by atoms with Crippen molar-refractivity contribution in [2.75, 3.05) is 5.32 Å². The molecule has 0 fully saturated rings. The van der Waals surface area contributed by atoms with Gasteiger partial charge in [-0.1, -0.05) is 0 Å². The quantitative estimate of drug-likeness (QED) is 0.411. The Morgan fingerprint density at radius 2 is 2.07 bits per heavy atom. The zero-order valence-corrected chi connectivity index (χ0v) is 14.5. The van der Waals surface area contributed by atoms with Crippen molar-refractivity contribution in [2.24, 2.45) is 0 Å². The number of fused-ring (bicyclic) bond motifs is 1. The Hall–Kier alpha value is -4.26. The van der Waals surface area contributed by atoms with Crippen molar-refractivity contribution >= 4 is 28.3 Å². The van der Waals surface area contributed by atoms with Gasteiger partial charge >= 0.3 is 5.63 Å². The van der Waals surface area contributed by atoms with Crippen molar-refractivity contribution in [1.82, 2.24) is 4.57 Å². The van der Waals surface area contributed by atoms with E-state index in [4.69, 9.17) is 9.68 Å². The maximum absolute atomic E-state index is 12.3. The number of amides is 1. The van der Waals surface area contributed by atoms with E-state index in [9.17, 15) is 24.5 Å². The molecule has 10 nitrogen and oxygen atoms in total. The predicted octanol–water partition coefficient (Wildman–Crippen LogP) is 1.74. The van der Waals surface area contributed by atoms with Crippen LogP contribution in [0.1, 0.15) is 18.1 Å². The molecule has 0 saturated heterocycles. The smallest absolute Gasteiger partial charge is 0.336 e. The van der Waals surface area contributed by atoms with E-state index < -0.39 is 21.8 Å². The lowest BCUT2D eigenvalue weighted by Crippen LogP contribution is -2.23. The fourth-order valence-corrected chi connectivity index (χ4v) is 2.74. The molecule has 0 atom stereocenters. The minimum atomic E-state index is -0.718. The number of nitriles is 1. The van der Waals surface area contributed by atoms with E-state index in [0.29, 0.717) is 16.6 Å². The van der Waals surface area contributed by atoms with E-state index >= 15 is 0 Å². The van der Waals surface area contributed by atoms with Crippen LogP contribution in [0.15, 0.2) is 50.5 Å². The minimum Gasteiger partial charge on any atom is -0.423 e. The van der Waals surface area contributed by atoms with E-state index in [0.717, 1.165) is 22.9 Å². The number of aromatic nitrogens is 1. The Morgan fingerprint density at radius 3 is 2.71 bits per heavy atom. The van der Waals surface area contributed by atoms with E-state index in [1.165, 1.54) is 13.0 Å². The molecular weight excluding hydrogens is 368 g/mol. The molecule has 2 aromatic heterocycles. The Bertz CT molecular complexity index is 1280. The van der Waals surface area contributed by atoms with Crippen LogP contribution in [0.5, 0.6) is 0 Å². The summed E-state index contributed by atoms with van der Waals surface area (Å²) in [4.78, 5) is 45.8. The van der Waals surface area contributed by atoms with Gasteiger partial charge in [0.15, 0.2) is 0 Å². The summed E-state index contributed by atoms with van der Waals surface area (Å²) in [6.07, 6.45) is 1.01. The highest BCUT2D eigenvalue weighted by Crippen LogP contribution is 2.22. The number of nitrogens with one attached hydrogen (secondary N) is 1. The van der Waals surface area contributed by atoms with Crippen molar-refractivity contribution in [3.05, 3.63) is 78.5 Å². The lowest BCUT2D eigenvalue weighted by molar-refractivity contribution is -0.385. The van der Waals surface area contributed by atoms with Gasteiger partial charge in [-0.2, -0.15) is 5.26 Å². The molecule has 28 heavy (non-hydrogen) atoms. The number of hydrogen-bond acceptors (Lipinski definition) is 7. The van der Waals surface area contributed by atoms with Crippen molar-refractivity contribution in [3.8, 4) is 6.07 Å². The first kappa shape index (κ1) is 18.5. The second-order valence-corrected chi connectivity index (χ2v) is 5.90. The number of benzene rings is 1. The highest BCUT2D eigenvalue weighted by Gasteiger charge is 2.15. The van der Waals surface area contributed by atoms with Crippen LogP contribution >= 0.6 is 0 Å². The fraction of sp³-hybridized carbons (Fsp3) is 0.111. The SMILES string of the molecule is CC(=O)Nc1ccc2c(Cn3cc([N+](=O)[O-])cc(C#N)c3=O)cc(=O)oc2c1. The Kier molecular flexibility index (Phi) is 4.74. The molecule has 1 aromatic carbocycles. The normalized spacial score (nSPS) is 10.4. The van der Waals surface area contributed by atoms with Crippen LogP contribution in [-0.2, 0) is 11.3 Å². The molecule has 1 amide bonds. The summed E-state index contributed by atoms with van der Waals surface area (Å²) in [5.74, 6) is -0.301. The molecule has 0 spiro atoms. The fourth-order valence-electron chi connectivity index (χ4n) is 2.74. The van der Waals surface area contributed by atoms with E-state index in [2.05, 4.69) is 5.32 Å². The number of hydrogen-bond donors (Lipinski definition) is 1. The number of nitro groups is 1. The van der Waals surface area contributed by atoms with Gasteiger partial charge in [0, 0.05) is 36.2 Å². The Labute approximate surface area is 156 Å². The minimum absolute atomic E-state index is 0.174. The third kappa shape index (κ3) is 3.63. The van der Waals surface area contributed by atoms with Crippen molar-refractivity contribution in [3.63, 3.8) is 0 Å². The first-order chi connectivity index (χ1) is 13.3. The number of pyridine rings is 1. The predicted molar refractivity (Wildman–Crippen MR) is 98.0 cm³/mol. The molecular formula is C18H12N4O6. The van der Waals surface area contributed by atoms with E-state index in [1.807, 2.05) is 0 Å². The van der Waals surface area contributed by atoms with Crippen LogP contribution in [0.4, 0.5) is 11.4 Å².